The molecule has 1 fully saturated rings. The van der Waals surface area contributed by atoms with Crippen LogP contribution in [0.3, 0.4) is 0 Å². The van der Waals surface area contributed by atoms with Gasteiger partial charge in [0.25, 0.3) is 0 Å². The van der Waals surface area contributed by atoms with Gasteiger partial charge >= 0.3 is 0 Å². The Balaban J connectivity index is 2.27. The zero-order valence-electron chi connectivity index (χ0n) is 8.03. The molecule has 1 N–H and O–H groups in total. The van der Waals surface area contributed by atoms with Crippen molar-refractivity contribution in [3.05, 3.63) is 16.5 Å². The van der Waals surface area contributed by atoms with Gasteiger partial charge in [-0.1, -0.05) is 11.6 Å². The maximum Gasteiger partial charge on any atom is 0.224 e. The molecule has 1 saturated carbocycles. The van der Waals surface area contributed by atoms with Crippen molar-refractivity contribution in [2.75, 3.05) is 18.1 Å². The van der Waals surface area contributed by atoms with E-state index in [1.54, 1.807) is 0 Å². The van der Waals surface area contributed by atoms with Crippen LogP contribution in [0.5, 0.6) is 0 Å². The highest BCUT2D eigenvalue weighted by atomic mass is 35.5. The third kappa shape index (κ3) is 2.51. The summed E-state index contributed by atoms with van der Waals surface area (Å²) in [5.41, 5.74) is 0. The summed E-state index contributed by atoms with van der Waals surface area (Å²) >= 11 is 11.7. The van der Waals surface area contributed by atoms with Crippen molar-refractivity contribution in [2.24, 2.45) is 0 Å². The maximum absolute atomic E-state index is 8.97. The summed E-state index contributed by atoms with van der Waals surface area (Å²) in [6.07, 6.45) is 3.70. The molecule has 4 nitrogen and oxygen atoms in total. The van der Waals surface area contributed by atoms with Crippen LogP contribution in [0.4, 0.5) is 5.82 Å². The number of aliphatic hydroxyl groups is 1. The molecule has 0 unspecified atom stereocenters. The highest BCUT2D eigenvalue weighted by molar-refractivity contribution is 6.33. The molecule has 1 heterocycles. The van der Waals surface area contributed by atoms with Crippen molar-refractivity contribution < 1.29 is 5.11 Å². The molecule has 0 radical (unpaired) electrons. The van der Waals surface area contributed by atoms with Gasteiger partial charge in [-0.05, 0) is 24.4 Å². The summed E-state index contributed by atoms with van der Waals surface area (Å²) in [4.78, 5) is 9.87. The Labute approximate surface area is 97.9 Å². The third-order valence-corrected chi connectivity index (χ3v) is 2.75. The van der Waals surface area contributed by atoms with Crippen molar-refractivity contribution in [1.29, 1.82) is 0 Å². The molecule has 0 atom stereocenters. The molecule has 1 aliphatic rings. The summed E-state index contributed by atoms with van der Waals surface area (Å²) in [5, 5.41) is 9.62. The fraction of sp³-hybridized carbons (Fsp3) is 0.556. The first-order valence-electron chi connectivity index (χ1n) is 4.78. The topological polar surface area (TPSA) is 49.2 Å². The van der Waals surface area contributed by atoms with Gasteiger partial charge < -0.3 is 10.0 Å². The Kier molecular flexibility index (Phi) is 3.29. The van der Waals surface area contributed by atoms with Crippen LogP contribution >= 0.6 is 23.2 Å². The van der Waals surface area contributed by atoms with Gasteiger partial charge in [-0.15, -0.1) is 0 Å². The molecule has 6 heteroatoms. The van der Waals surface area contributed by atoms with Gasteiger partial charge in [-0.2, -0.15) is 4.98 Å². The van der Waals surface area contributed by atoms with E-state index in [1.165, 1.54) is 6.20 Å². The van der Waals surface area contributed by atoms with E-state index in [0.717, 1.165) is 12.8 Å². The number of hydrogen-bond acceptors (Lipinski definition) is 4. The molecule has 0 amide bonds. The van der Waals surface area contributed by atoms with E-state index in [-0.39, 0.29) is 11.9 Å². The average molecular weight is 248 g/mol. The molecule has 0 saturated heterocycles. The lowest BCUT2D eigenvalue weighted by molar-refractivity contribution is 0.301. The molecule has 15 heavy (non-hydrogen) atoms. The van der Waals surface area contributed by atoms with Gasteiger partial charge in [0.1, 0.15) is 5.02 Å². The largest absolute Gasteiger partial charge is 0.395 e. The Morgan fingerprint density at radius 1 is 1.47 bits per heavy atom. The van der Waals surface area contributed by atoms with Crippen LogP contribution in [-0.4, -0.2) is 34.3 Å². The lowest BCUT2D eigenvalue weighted by Crippen LogP contribution is -2.30. The second kappa shape index (κ2) is 4.51. The van der Waals surface area contributed by atoms with E-state index in [9.17, 15) is 0 Å². The number of anilines is 1. The van der Waals surface area contributed by atoms with Crippen LogP contribution in [0.25, 0.3) is 0 Å². The third-order valence-electron chi connectivity index (χ3n) is 2.30. The Hall–Kier alpha value is -0.580. The lowest BCUT2D eigenvalue weighted by Gasteiger charge is -2.23. The second-order valence-electron chi connectivity index (χ2n) is 3.46. The summed E-state index contributed by atoms with van der Waals surface area (Å²) in [6.45, 7) is 0.603. The van der Waals surface area contributed by atoms with Crippen molar-refractivity contribution in [3.8, 4) is 0 Å². The predicted octanol–water partition coefficient (Wildman–Crippen LogP) is 1.74. The molecular weight excluding hydrogens is 237 g/mol. The standard InChI is InChI=1S/C9H11Cl2N3O/c10-7-5-12-9(11)13-8(7)14(3-4-15)6-1-2-6/h5-6,15H,1-4H2. The molecule has 0 aliphatic heterocycles. The van der Waals surface area contributed by atoms with E-state index in [0.29, 0.717) is 23.4 Å². The average Bonchev–Trinajstić information content (AvgIpc) is 3.02. The van der Waals surface area contributed by atoms with Crippen LogP contribution in [0.1, 0.15) is 12.8 Å². The fourth-order valence-electron chi connectivity index (χ4n) is 1.49. The van der Waals surface area contributed by atoms with Crippen LogP contribution in [-0.2, 0) is 0 Å². The summed E-state index contributed by atoms with van der Waals surface area (Å²) < 4.78 is 0. The molecule has 1 aromatic heterocycles. The highest BCUT2D eigenvalue weighted by Crippen LogP contribution is 2.34. The predicted molar refractivity (Wildman–Crippen MR) is 59.5 cm³/mol. The van der Waals surface area contributed by atoms with E-state index >= 15 is 0 Å². The first-order chi connectivity index (χ1) is 7.22. The number of nitrogens with zero attached hydrogens (tertiary/aromatic N) is 3. The van der Waals surface area contributed by atoms with Crippen molar-refractivity contribution in [1.82, 2.24) is 9.97 Å². The van der Waals surface area contributed by atoms with Gasteiger partial charge in [-0.25, -0.2) is 4.98 Å². The van der Waals surface area contributed by atoms with Crippen LogP contribution in [0.2, 0.25) is 10.3 Å². The summed E-state index contributed by atoms with van der Waals surface area (Å²) in [7, 11) is 0. The second-order valence-corrected chi connectivity index (χ2v) is 4.20. The summed E-state index contributed by atoms with van der Waals surface area (Å²) in [6, 6.07) is 0.431. The zero-order chi connectivity index (χ0) is 10.8. The normalized spacial score (nSPS) is 15.4. The lowest BCUT2D eigenvalue weighted by atomic mass is 10.4. The van der Waals surface area contributed by atoms with Gasteiger partial charge in [0, 0.05) is 12.6 Å². The molecule has 1 aromatic rings. The fourth-order valence-corrected chi connectivity index (χ4v) is 1.82. The molecule has 82 valence electrons. The first kappa shape index (κ1) is 10.9. The number of halogens is 2. The maximum atomic E-state index is 8.97. The van der Waals surface area contributed by atoms with Gasteiger partial charge in [-0.3, -0.25) is 0 Å². The minimum Gasteiger partial charge on any atom is -0.395 e. The molecule has 0 aromatic carbocycles. The number of rotatable bonds is 4. The van der Waals surface area contributed by atoms with Crippen molar-refractivity contribution >= 4 is 29.0 Å². The van der Waals surface area contributed by atoms with Crippen molar-refractivity contribution in [3.63, 3.8) is 0 Å². The SMILES string of the molecule is OCCN(c1nc(Cl)ncc1Cl)C1CC1. The molecule has 2 rings (SSSR count). The Bertz CT molecular complexity index is 357. The van der Waals surface area contributed by atoms with E-state index in [2.05, 4.69) is 9.97 Å². The van der Waals surface area contributed by atoms with Gasteiger partial charge in [0.05, 0.1) is 12.8 Å². The minimum absolute atomic E-state index is 0.0778. The van der Waals surface area contributed by atoms with Gasteiger partial charge in [0.15, 0.2) is 5.82 Å². The first-order valence-corrected chi connectivity index (χ1v) is 5.53. The van der Waals surface area contributed by atoms with E-state index in [1.807, 2.05) is 4.90 Å². The van der Waals surface area contributed by atoms with Crippen molar-refractivity contribution in [2.45, 2.75) is 18.9 Å². The Morgan fingerprint density at radius 2 is 2.20 bits per heavy atom. The van der Waals surface area contributed by atoms with E-state index < -0.39 is 0 Å². The van der Waals surface area contributed by atoms with Crippen LogP contribution in [0.15, 0.2) is 6.20 Å². The Morgan fingerprint density at radius 3 is 2.80 bits per heavy atom. The zero-order valence-corrected chi connectivity index (χ0v) is 9.54. The quantitative estimate of drug-likeness (QED) is 0.824. The number of aromatic nitrogens is 2. The smallest absolute Gasteiger partial charge is 0.224 e. The van der Waals surface area contributed by atoms with Gasteiger partial charge in [0.2, 0.25) is 5.28 Å². The van der Waals surface area contributed by atoms with Crippen LogP contribution < -0.4 is 4.90 Å². The molecule has 1 aliphatic carbocycles. The van der Waals surface area contributed by atoms with E-state index in [4.69, 9.17) is 28.3 Å². The number of hydrogen-bond donors (Lipinski definition) is 1. The summed E-state index contributed by atoms with van der Waals surface area (Å²) in [5.74, 6) is 0.619. The molecule has 0 spiro atoms. The molecular formula is C9H11Cl2N3O. The highest BCUT2D eigenvalue weighted by Gasteiger charge is 2.31. The monoisotopic (exact) mass is 247 g/mol. The molecule has 0 bridgehead atoms. The van der Waals surface area contributed by atoms with Crippen LogP contribution in [0, 0.1) is 0 Å². The minimum atomic E-state index is 0.0778. The number of aliphatic hydroxyl groups excluding tert-OH is 1.